The highest BCUT2D eigenvalue weighted by Crippen LogP contribution is 1.88. The van der Waals surface area contributed by atoms with Crippen LogP contribution in [0.4, 0.5) is 4.39 Å². The van der Waals surface area contributed by atoms with Crippen LogP contribution in [0.15, 0.2) is 11.9 Å². The average Bonchev–Trinajstić information content (AvgIpc) is 1.68. The van der Waals surface area contributed by atoms with Gasteiger partial charge in [0.15, 0.2) is 0 Å². The SMILES string of the molecule is N#CC=C(F)C#N. The van der Waals surface area contributed by atoms with E-state index in [1.807, 2.05) is 0 Å². The van der Waals surface area contributed by atoms with Gasteiger partial charge in [0, 0.05) is 0 Å². The second-order valence-corrected chi connectivity index (χ2v) is 0.733. The quantitative estimate of drug-likeness (QED) is 0.420. The van der Waals surface area contributed by atoms with Gasteiger partial charge in [0.25, 0.3) is 0 Å². The fourth-order valence-corrected chi connectivity index (χ4v) is 0.0889. The lowest BCUT2D eigenvalue weighted by molar-refractivity contribution is 0.673. The second kappa shape index (κ2) is 2.87. The first-order valence-electron chi connectivity index (χ1n) is 1.46. The molecule has 0 aliphatic heterocycles. The Hall–Kier alpha value is -1.35. The third-order valence-corrected chi connectivity index (χ3v) is 0.298. The fraction of sp³-hybridized carbons (Fsp3) is 0. The van der Waals surface area contributed by atoms with E-state index in [1.54, 1.807) is 0 Å². The van der Waals surface area contributed by atoms with Gasteiger partial charge in [-0.3, -0.25) is 0 Å². The number of hydrogen-bond donors (Lipinski definition) is 0. The molecular weight excluding hydrogens is 95.1 g/mol. The van der Waals surface area contributed by atoms with Crippen LogP contribution >= 0.6 is 0 Å². The van der Waals surface area contributed by atoms with E-state index in [2.05, 4.69) is 0 Å². The maximum Gasteiger partial charge on any atom is 0.210 e. The maximum atomic E-state index is 11.4. The number of allylic oxidation sites excluding steroid dienone is 2. The summed E-state index contributed by atoms with van der Waals surface area (Å²) in [5.41, 5.74) is 0. The minimum Gasteiger partial charge on any atom is -0.194 e. The molecule has 0 amide bonds. The van der Waals surface area contributed by atoms with Crippen molar-refractivity contribution in [1.82, 2.24) is 0 Å². The summed E-state index contributed by atoms with van der Waals surface area (Å²) >= 11 is 0. The number of hydrogen-bond acceptors (Lipinski definition) is 2. The molecule has 0 aromatic rings. The molecular formula is C4HFN2. The van der Waals surface area contributed by atoms with Crippen LogP contribution in [0.25, 0.3) is 0 Å². The van der Waals surface area contributed by atoms with Crippen LogP contribution < -0.4 is 0 Å². The average molecular weight is 96.1 g/mol. The van der Waals surface area contributed by atoms with Crippen molar-refractivity contribution in [2.75, 3.05) is 0 Å². The van der Waals surface area contributed by atoms with Gasteiger partial charge in [-0.2, -0.15) is 14.9 Å². The lowest BCUT2D eigenvalue weighted by Gasteiger charge is -1.63. The summed E-state index contributed by atoms with van der Waals surface area (Å²) in [7, 11) is 0. The topological polar surface area (TPSA) is 47.6 Å². The van der Waals surface area contributed by atoms with Crippen molar-refractivity contribution in [3.05, 3.63) is 11.9 Å². The van der Waals surface area contributed by atoms with Gasteiger partial charge in [-0.15, -0.1) is 0 Å². The predicted molar refractivity (Wildman–Crippen MR) is 20.4 cm³/mol. The van der Waals surface area contributed by atoms with Gasteiger partial charge < -0.3 is 0 Å². The molecule has 34 valence electrons. The summed E-state index contributed by atoms with van der Waals surface area (Å²) in [6.45, 7) is 0. The molecule has 0 radical (unpaired) electrons. The van der Waals surface area contributed by atoms with E-state index in [1.165, 1.54) is 6.07 Å². The smallest absolute Gasteiger partial charge is 0.194 e. The van der Waals surface area contributed by atoms with Gasteiger partial charge in [-0.25, -0.2) is 0 Å². The number of nitriles is 2. The largest absolute Gasteiger partial charge is 0.210 e. The Labute approximate surface area is 40.1 Å². The molecule has 7 heavy (non-hydrogen) atoms. The Bertz CT molecular complexity index is 158. The van der Waals surface area contributed by atoms with Crippen LogP contribution in [-0.2, 0) is 0 Å². The third-order valence-electron chi connectivity index (χ3n) is 0.298. The van der Waals surface area contributed by atoms with Crippen LogP contribution in [-0.4, -0.2) is 0 Å². The van der Waals surface area contributed by atoms with Gasteiger partial charge in [0.2, 0.25) is 5.83 Å². The Morgan fingerprint density at radius 1 is 1.57 bits per heavy atom. The third kappa shape index (κ3) is 2.45. The van der Waals surface area contributed by atoms with Crippen LogP contribution in [0.3, 0.4) is 0 Å². The van der Waals surface area contributed by atoms with E-state index in [9.17, 15) is 4.39 Å². The van der Waals surface area contributed by atoms with Crippen LogP contribution in [0, 0.1) is 22.7 Å². The molecule has 0 atom stereocenters. The lowest BCUT2D eigenvalue weighted by atomic mass is 10.5. The molecule has 0 heterocycles. The highest BCUT2D eigenvalue weighted by molar-refractivity contribution is 5.19. The van der Waals surface area contributed by atoms with E-state index >= 15 is 0 Å². The van der Waals surface area contributed by atoms with Crippen molar-refractivity contribution in [3.63, 3.8) is 0 Å². The van der Waals surface area contributed by atoms with E-state index in [0.717, 1.165) is 6.07 Å². The second-order valence-electron chi connectivity index (χ2n) is 0.733. The summed E-state index contributed by atoms with van der Waals surface area (Å²) in [6.07, 6.45) is 0.542. The molecule has 0 saturated carbocycles. The zero-order valence-electron chi connectivity index (χ0n) is 3.35. The van der Waals surface area contributed by atoms with Crippen molar-refractivity contribution >= 4 is 0 Å². The zero-order chi connectivity index (χ0) is 5.70. The first kappa shape index (κ1) is 5.65. The monoisotopic (exact) mass is 96.0 g/mol. The van der Waals surface area contributed by atoms with Crippen molar-refractivity contribution in [2.45, 2.75) is 0 Å². The summed E-state index contributed by atoms with van der Waals surface area (Å²) in [6, 6.07) is 2.50. The summed E-state index contributed by atoms with van der Waals surface area (Å²) < 4.78 is 11.4. The molecule has 0 fully saturated rings. The molecule has 0 N–H and O–H groups in total. The molecule has 0 spiro atoms. The van der Waals surface area contributed by atoms with Crippen molar-refractivity contribution in [2.24, 2.45) is 0 Å². The molecule has 0 unspecified atom stereocenters. The van der Waals surface area contributed by atoms with Gasteiger partial charge >= 0.3 is 0 Å². The first-order chi connectivity index (χ1) is 3.31. The van der Waals surface area contributed by atoms with Crippen LogP contribution in [0.5, 0.6) is 0 Å². The van der Waals surface area contributed by atoms with E-state index in [4.69, 9.17) is 10.5 Å². The Morgan fingerprint density at radius 2 is 2.14 bits per heavy atom. The van der Waals surface area contributed by atoms with E-state index in [-0.39, 0.29) is 0 Å². The van der Waals surface area contributed by atoms with E-state index in [0.29, 0.717) is 6.08 Å². The number of nitrogens with zero attached hydrogens (tertiary/aromatic N) is 2. The Morgan fingerprint density at radius 3 is 2.29 bits per heavy atom. The van der Waals surface area contributed by atoms with Crippen molar-refractivity contribution in [1.29, 1.82) is 10.5 Å². The summed E-state index contributed by atoms with van der Waals surface area (Å²) in [5.74, 6) is -1.05. The maximum absolute atomic E-state index is 11.4. The molecule has 0 saturated heterocycles. The standard InChI is InChI=1S/C4HFN2/c5-4(3-7)1-2-6/h1H. The first-order valence-corrected chi connectivity index (χ1v) is 1.46. The zero-order valence-corrected chi connectivity index (χ0v) is 3.35. The van der Waals surface area contributed by atoms with Gasteiger partial charge in [0.05, 0.1) is 12.1 Å². The molecule has 0 aromatic carbocycles. The normalized spacial score (nSPS) is 9.29. The van der Waals surface area contributed by atoms with Crippen LogP contribution in [0.1, 0.15) is 0 Å². The summed E-state index contributed by atoms with van der Waals surface area (Å²) in [5, 5.41) is 15.3. The van der Waals surface area contributed by atoms with E-state index < -0.39 is 5.83 Å². The Kier molecular flexibility index (Phi) is 2.31. The van der Waals surface area contributed by atoms with Crippen molar-refractivity contribution < 1.29 is 4.39 Å². The molecule has 3 heteroatoms. The number of rotatable bonds is 0. The van der Waals surface area contributed by atoms with Crippen molar-refractivity contribution in [3.8, 4) is 12.1 Å². The highest BCUT2D eigenvalue weighted by Gasteiger charge is 1.82. The number of halogens is 1. The molecule has 0 bridgehead atoms. The van der Waals surface area contributed by atoms with Crippen LogP contribution in [0.2, 0.25) is 0 Å². The van der Waals surface area contributed by atoms with Gasteiger partial charge in [0.1, 0.15) is 6.07 Å². The highest BCUT2D eigenvalue weighted by atomic mass is 19.1. The lowest BCUT2D eigenvalue weighted by Crippen LogP contribution is -1.58. The molecule has 0 rings (SSSR count). The molecule has 0 aromatic heterocycles. The molecule has 2 nitrogen and oxygen atoms in total. The molecule has 0 aliphatic carbocycles. The predicted octanol–water partition coefficient (Wildman–Crippen LogP) is 0.887. The minimum atomic E-state index is -1.05. The summed E-state index contributed by atoms with van der Waals surface area (Å²) in [4.78, 5) is 0. The fourth-order valence-electron chi connectivity index (χ4n) is 0.0889. The van der Waals surface area contributed by atoms with Gasteiger partial charge in [-0.1, -0.05) is 0 Å². The molecule has 0 aliphatic rings. The Balaban J connectivity index is 3.89. The minimum absolute atomic E-state index is 0.542. The van der Waals surface area contributed by atoms with Gasteiger partial charge in [-0.05, 0) is 0 Å².